The van der Waals surface area contributed by atoms with Crippen molar-refractivity contribution >= 4 is 49.5 Å². The molecule has 8 heteroatoms. The second kappa shape index (κ2) is 6.61. The van der Waals surface area contributed by atoms with Crippen LogP contribution >= 0.6 is 34.2 Å². The smallest absolute Gasteiger partial charge is 0.244 e. The van der Waals surface area contributed by atoms with Crippen LogP contribution in [0.1, 0.15) is 35.9 Å². The number of halogens is 3. The van der Waals surface area contributed by atoms with Gasteiger partial charge in [0.15, 0.2) is 10.8 Å². The topological polar surface area (TPSA) is 67.8 Å². The van der Waals surface area contributed by atoms with Crippen molar-refractivity contribution in [1.29, 1.82) is 0 Å². The Morgan fingerprint density at radius 2 is 2.10 bits per heavy atom. The van der Waals surface area contributed by atoms with Crippen molar-refractivity contribution < 1.29 is 9.18 Å². The van der Waals surface area contributed by atoms with Gasteiger partial charge in [-0.2, -0.15) is 0 Å². The highest BCUT2D eigenvalue weighted by molar-refractivity contribution is 14.1. The van der Waals surface area contributed by atoms with Crippen LogP contribution in [0.5, 0.6) is 0 Å². The lowest BCUT2D eigenvalue weighted by Crippen LogP contribution is -2.06. The maximum Gasteiger partial charge on any atom is 0.244 e. The standard InChI is InChI=1S/C13H11ClFIN4O/c1-6(2)11-7(15)3-4-10(18-11)17-8-5-9(14)19-20-12(8)13(16)21/h3-6H,1-2H3,(H,17,18,19). The summed E-state index contributed by atoms with van der Waals surface area (Å²) in [4.78, 5) is 15.7. The third kappa shape index (κ3) is 3.85. The molecule has 0 unspecified atom stereocenters. The van der Waals surface area contributed by atoms with Crippen LogP contribution in [0.3, 0.4) is 0 Å². The molecule has 0 radical (unpaired) electrons. The fraction of sp³-hybridized carbons (Fsp3) is 0.231. The van der Waals surface area contributed by atoms with Crippen LogP contribution in [0.25, 0.3) is 0 Å². The number of nitrogens with one attached hydrogen (secondary N) is 1. The van der Waals surface area contributed by atoms with E-state index in [4.69, 9.17) is 11.6 Å². The molecule has 0 spiro atoms. The van der Waals surface area contributed by atoms with Gasteiger partial charge in [0.25, 0.3) is 0 Å². The molecule has 0 fully saturated rings. The number of hydrogen-bond donors (Lipinski definition) is 1. The second-order valence-electron chi connectivity index (χ2n) is 4.55. The number of rotatable bonds is 4. The normalized spacial score (nSPS) is 10.8. The first kappa shape index (κ1) is 16.0. The fourth-order valence-corrected chi connectivity index (χ4v) is 2.22. The number of hydrogen-bond acceptors (Lipinski definition) is 5. The van der Waals surface area contributed by atoms with E-state index in [9.17, 15) is 9.18 Å². The van der Waals surface area contributed by atoms with E-state index in [2.05, 4.69) is 20.5 Å². The number of carbonyl (C=O) groups excluding carboxylic acids is 1. The van der Waals surface area contributed by atoms with Crippen molar-refractivity contribution in [1.82, 2.24) is 15.2 Å². The predicted octanol–water partition coefficient (Wildman–Crippen LogP) is 4.11. The van der Waals surface area contributed by atoms with Gasteiger partial charge in [-0.25, -0.2) is 9.37 Å². The van der Waals surface area contributed by atoms with E-state index in [0.717, 1.165) is 0 Å². The number of anilines is 2. The van der Waals surface area contributed by atoms with Crippen LogP contribution in [-0.4, -0.2) is 19.0 Å². The van der Waals surface area contributed by atoms with Crippen molar-refractivity contribution in [2.75, 3.05) is 5.32 Å². The molecule has 2 aromatic rings. The quantitative estimate of drug-likeness (QED) is 0.596. The maximum absolute atomic E-state index is 13.6. The third-order valence-electron chi connectivity index (χ3n) is 2.63. The minimum atomic E-state index is -0.369. The molecule has 2 heterocycles. The molecule has 0 bridgehead atoms. The summed E-state index contributed by atoms with van der Waals surface area (Å²) >= 11 is 7.39. The first-order valence-electron chi connectivity index (χ1n) is 6.05. The highest BCUT2D eigenvalue weighted by Gasteiger charge is 2.15. The van der Waals surface area contributed by atoms with Gasteiger partial charge in [-0.05, 0) is 18.1 Å². The number of pyridine rings is 1. The van der Waals surface area contributed by atoms with Crippen LogP contribution in [0.2, 0.25) is 5.15 Å². The van der Waals surface area contributed by atoms with Gasteiger partial charge in [-0.3, -0.25) is 4.79 Å². The van der Waals surface area contributed by atoms with E-state index in [1.807, 2.05) is 13.8 Å². The summed E-state index contributed by atoms with van der Waals surface area (Å²) in [6.45, 7) is 3.69. The van der Waals surface area contributed by atoms with Gasteiger partial charge in [0.05, 0.1) is 11.4 Å². The maximum atomic E-state index is 13.6. The summed E-state index contributed by atoms with van der Waals surface area (Å²) < 4.78 is 13.4. The van der Waals surface area contributed by atoms with Gasteiger partial charge >= 0.3 is 0 Å². The van der Waals surface area contributed by atoms with E-state index < -0.39 is 0 Å². The summed E-state index contributed by atoms with van der Waals surface area (Å²) in [6.07, 6.45) is 0. The monoisotopic (exact) mass is 420 g/mol. The average molecular weight is 421 g/mol. The molecule has 0 saturated heterocycles. The van der Waals surface area contributed by atoms with E-state index in [-0.39, 0.29) is 26.4 Å². The van der Waals surface area contributed by atoms with Gasteiger partial charge in [0.2, 0.25) is 3.79 Å². The molecular formula is C13H11ClFIN4O. The molecule has 2 rings (SSSR count). The Morgan fingerprint density at radius 1 is 1.38 bits per heavy atom. The molecule has 0 amide bonds. The first-order valence-corrected chi connectivity index (χ1v) is 7.50. The Labute approximate surface area is 139 Å². The molecule has 0 aliphatic carbocycles. The van der Waals surface area contributed by atoms with Crippen LogP contribution in [0.4, 0.5) is 15.9 Å². The van der Waals surface area contributed by atoms with Gasteiger partial charge in [-0.15, -0.1) is 10.2 Å². The van der Waals surface area contributed by atoms with Crippen molar-refractivity contribution in [3.05, 3.63) is 40.6 Å². The number of nitrogens with zero attached hydrogens (tertiary/aromatic N) is 3. The highest BCUT2D eigenvalue weighted by Crippen LogP contribution is 2.24. The minimum Gasteiger partial charge on any atom is -0.338 e. The Morgan fingerprint density at radius 3 is 2.71 bits per heavy atom. The number of aromatic nitrogens is 3. The van der Waals surface area contributed by atoms with Crippen molar-refractivity contribution in [2.45, 2.75) is 19.8 Å². The zero-order valence-corrected chi connectivity index (χ0v) is 14.1. The van der Waals surface area contributed by atoms with Crippen LogP contribution in [-0.2, 0) is 0 Å². The Kier molecular flexibility index (Phi) is 5.04. The molecule has 0 atom stereocenters. The molecule has 0 aliphatic rings. The molecule has 5 nitrogen and oxygen atoms in total. The Hall–Kier alpha value is -1.35. The average Bonchev–Trinajstić information content (AvgIpc) is 2.40. The molecule has 0 aliphatic heterocycles. The van der Waals surface area contributed by atoms with Crippen LogP contribution < -0.4 is 5.32 Å². The molecular weight excluding hydrogens is 410 g/mol. The SMILES string of the molecule is CC(C)c1nc(Nc2cc(Cl)nnc2C(=O)I)ccc1F. The van der Waals surface area contributed by atoms with Crippen molar-refractivity contribution in [2.24, 2.45) is 0 Å². The van der Waals surface area contributed by atoms with Gasteiger partial charge in [-0.1, -0.05) is 25.4 Å². The molecule has 1 N–H and O–H groups in total. The third-order valence-corrected chi connectivity index (χ3v) is 3.33. The summed E-state index contributed by atoms with van der Waals surface area (Å²) in [7, 11) is 0. The molecule has 110 valence electrons. The predicted molar refractivity (Wildman–Crippen MR) is 87.0 cm³/mol. The summed E-state index contributed by atoms with van der Waals surface area (Å²) in [5.41, 5.74) is 0.857. The lowest BCUT2D eigenvalue weighted by molar-refractivity contribution is 0.110. The van der Waals surface area contributed by atoms with E-state index in [1.165, 1.54) is 18.2 Å². The molecule has 0 aromatic carbocycles. The molecule has 21 heavy (non-hydrogen) atoms. The van der Waals surface area contributed by atoms with Gasteiger partial charge < -0.3 is 5.32 Å². The molecule has 2 aromatic heterocycles. The first-order chi connectivity index (χ1) is 9.88. The van der Waals surface area contributed by atoms with Crippen molar-refractivity contribution in [3.63, 3.8) is 0 Å². The Bertz CT molecular complexity index is 696. The lowest BCUT2D eigenvalue weighted by atomic mass is 10.1. The largest absolute Gasteiger partial charge is 0.338 e. The van der Waals surface area contributed by atoms with E-state index in [0.29, 0.717) is 17.2 Å². The highest BCUT2D eigenvalue weighted by atomic mass is 127. The van der Waals surface area contributed by atoms with Gasteiger partial charge in [0, 0.05) is 28.7 Å². The second-order valence-corrected chi connectivity index (χ2v) is 5.91. The van der Waals surface area contributed by atoms with Gasteiger partial charge in [0.1, 0.15) is 11.6 Å². The van der Waals surface area contributed by atoms with E-state index >= 15 is 0 Å². The summed E-state index contributed by atoms with van der Waals surface area (Å²) in [5, 5.41) is 10.4. The Balaban J connectivity index is 2.40. The fourth-order valence-electron chi connectivity index (χ4n) is 1.68. The zero-order valence-electron chi connectivity index (χ0n) is 11.2. The van der Waals surface area contributed by atoms with Crippen LogP contribution in [0.15, 0.2) is 18.2 Å². The van der Waals surface area contributed by atoms with Crippen LogP contribution in [0, 0.1) is 5.82 Å². The summed E-state index contributed by atoms with van der Waals surface area (Å²) in [6, 6.07) is 4.28. The number of carbonyl (C=O) groups is 1. The molecule has 0 saturated carbocycles. The minimum absolute atomic E-state index is 0.0587. The lowest BCUT2D eigenvalue weighted by Gasteiger charge is -2.11. The van der Waals surface area contributed by atoms with Crippen molar-refractivity contribution in [3.8, 4) is 0 Å². The van der Waals surface area contributed by atoms with E-state index in [1.54, 1.807) is 22.6 Å². The summed E-state index contributed by atoms with van der Waals surface area (Å²) in [5.74, 6) is -0.0220. The zero-order chi connectivity index (χ0) is 15.6.